The maximum atomic E-state index is 12.7. The summed E-state index contributed by atoms with van der Waals surface area (Å²) in [5, 5.41) is 26.3. The number of hydrogen-bond acceptors (Lipinski definition) is 2. The summed E-state index contributed by atoms with van der Waals surface area (Å²) in [4.78, 5) is 0. The van der Waals surface area contributed by atoms with Crippen molar-refractivity contribution in [2.24, 2.45) is 0 Å². The fourth-order valence-electron chi connectivity index (χ4n) is 2.86. The zero-order chi connectivity index (χ0) is 14.3. The Hall–Kier alpha value is -1.55. The highest BCUT2D eigenvalue weighted by atomic mass is 16.5. The smallest absolute Gasteiger partial charge is 0.316 e. The zero-order valence-electron chi connectivity index (χ0n) is 12.0. The van der Waals surface area contributed by atoms with Crippen molar-refractivity contribution in [3.8, 4) is 0 Å². The van der Waals surface area contributed by atoms with Crippen LogP contribution in [0.3, 0.4) is 0 Å². The highest BCUT2D eigenvalue weighted by molar-refractivity contribution is 5.95. The van der Waals surface area contributed by atoms with E-state index in [-0.39, 0.29) is 5.84 Å². The standard InChI is InChI=1S/C15H21N2O2/c1-5-14(3)15(4,6-2)17(19)13(16(14)18)12-10-8-7-9-11-12/h7-11H,5-6H2,1-4H3. The molecule has 2 rings (SSSR count). The van der Waals surface area contributed by atoms with Gasteiger partial charge in [0.1, 0.15) is 0 Å². The van der Waals surface area contributed by atoms with Gasteiger partial charge in [-0.1, -0.05) is 37.1 Å². The minimum Gasteiger partial charge on any atom is -0.714 e. The molecule has 0 aromatic heterocycles. The number of rotatable bonds is 3. The summed E-state index contributed by atoms with van der Waals surface area (Å²) < 4.78 is 0.916. The van der Waals surface area contributed by atoms with Gasteiger partial charge >= 0.3 is 5.84 Å². The molecule has 0 saturated carbocycles. The Balaban J connectivity index is 2.62. The fourth-order valence-corrected chi connectivity index (χ4v) is 2.86. The van der Waals surface area contributed by atoms with Crippen molar-refractivity contribution in [3.63, 3.8) is 0 Å². The van der Waals surface area contributed by atoms with E-state index in [1.54, 1.807) is 0 Å². The largest absolute Gasteiger partial charge is 0.714 e. The van der Waals surface area contributed by atoms with Crippen LogP contribution in [0.15, 0.2) is 30.3 Å². The van der Waals surface area contributed by atoms with Gasteiger partial charge in [0.25, 0.3) is 0 Å². The van der Waals surface area contributed by atoms with Crippen LogP contribution < -0.4 is 0 Å². The summed E-state index contributed by atoms with van der Waals surface area (Å²) in [6.45, 7) is 7.68. The molecule has 19 heavy (non-hydrogen) atoms. The molecular formula is C15H21N2O2. The molecule has 0 fully saturated rings. The van der Waals surface area contributed by atoms with Crippen LogP contribution in [0.1, 0.15) is 46.1 Å². The first-order valence-electron chi connectivity index (χ1n) is 6.79. The van der Waals surface area contributed by atoms with E-state index in [0.717, 1.165) is 9.80 Å². The second-order valence-corrected chi connectivity index (χ2v) is 5.53. The maximum Gasteiger partial charge on any atom is 0.316 e. The van der Waals surface area contributed by atoms with Crippen molar-refractivity contribution in [1.82, 2.24) is 5.06 Å². The van der Waals surface area contributed by atoms with Crippen molar-refractivity contribution in [2.75, 3.05) is 0 Å². The lowest BCUT2D eigenvalue weighted by atomic mass is 9.77. The summed E-state index contributed by atoms with van der Waals surface area (Å²) in [6, 6.07) is 9.18. The summed E-state index contributed by atoms with van der Waals surface area (Å²) in [5.74, 6) is 0.231. The lowest BCUT2D eigenvalue weighted by Gasteiger charge is -2.37. The molecule has 1 aliphatic rings. The van der Waals surface area contributed by atoms with Gasteiger partial charge in [0.15, 0.2) is 11.1 Å². The Kier molecular flexibility index (Phi) is 3.31. The van der Waals surface area contributed by atoms with Crippen LogP contribution >= 0.6 is 0 Å². The van der Waals surface area contributed by atoms with Crippen LogP contribution in [-0.4, -0.2) is 26.7 Å². The quantitative estimate of drug-likeness (QED) is 0.620. The van der Waals surface area contributed by atoms with E-state index in [1.165, 1.54) is 0 Å². The van der Waals surface area contributed by atoms with Gasteiger partial charge in [-0.15, -0.1) is 0 Å². The molecule has 1 aromatic rings. The van der Waals surface area contributed by atoms with Gasteiger partial charge in [-0.3, -0.25) is 4.74 Å². The number of hydroxylamine groups is 3. The van der Waals surface area contributed by atoms with E-state index in [1.807, 2.05) is 58.0 Å². The van der Waals surface area contributed by atoms with Crippen LogP contribution in [0.4, 0.5) is 0 Å². The third-order valence-electron chi connectivity index (χ3n) is 4.85. The SMILES string of the molecule is CCC1(C)N([O])C(c2ccccc2)=[N+]([O-])C1(C)CC. The van der Waals surface area contributed by atoms with Gasteiger partial charge in [0, 0.05) is 5.21 Å². The highest BCUT2D eigenvalue weighted by Gasteiger charge is 2.63. The van der Waals surface area contributed by atoms with Crippen LogP contribution in [0, 0.1) is 5.21 Å². The molecule has 0 N–H and O–H groups in total. The number of nitrogens with zero attached hydrogens (tertiary/aromatic N) is 2. The van der Waals surface area contributed by atoms with E-state index in [2.05, 4.69) is 0 Å². The van der Waals surface area contributed by atoms with Gasteiger partial charge in [0.2, 0.25) is 0 Å². The molecule has 0 amide bonds. The summed E-state index contributed by atoms with van der Waals surface area (Å²) in [5.41, 5.74) is -0.715. The summed E-state index contributed by atoms with van der Waals surface area (Å²) >= 11 is 0. The molecule has 0 aliphatic carbocycles. The summed E-state index contributed by atoms with van der Waals surface area (Å²) in [6.07, 6.45) is 1.27. The van der Waals surface area contributed by atoms with Gasteiger partial charge in [-0.25, -0.2) is 0 Å². The second kappa shape index (κ2) is 4.53. The zero-order valence-corrected chi connectivity index (χ0v) is 12.0. The molecule has 4 nitrogen and oxygen atoms in total. The average molecular weight is 261 g/mol. The molecule has 2 unspecified atom stereocenters. The van der Waals surface area contributed by atoms with E-state index in [9.17, 15) is 10.4 Å². The van der Waals surface area contributed by atoms with Crippen LogP contribution in [-0.2, 0) is 5.21 Å². The topological polar surface area (TPSA) is 49.2 Å². The van der Waals surface area contributed by atoms with Gasteiger partial charge < -0.3 is 5.21 Å². The second-order valence-electron chi connectivity index (χ2n) is 5.53. The Bertz CT molecular complexity index is 500. The van der Waals surface area contributed by atoms with Crippen molar-refractivity contribution in [2.45, 2.75) is 51.6 Å². The van der Waals surface area contributed by atoms with Crippen molar-refractivity contribution in [1.29, 1.82) is 0 Å². The number of hydrogen-bond donors (Lipinski definition) is 0. The van der Waals surface area contributed by atoms with Crippen molar-refractivity contribution < 1.29 is 9.95 Å². The Labute approximate surface area is 114 Å². The van der Waals surface area contributed by atoms with Crippen LogP contribution in [0.5, 0.6) is 0 Å². The van der Waals surface area contributed by atoms with E-state index in [4.69, 9.17) is 0 Å². The third kappa shape index (κ3) is 1.66. The first-order valence-corrected chi connectivity index (χ1v) is 6.79. The molecule has 0 bridgehead atoms. The average Bonchev–Trinajstić information content (AvgIpc) is 2.60. The van der Waals surface area contributed by atoms with Crippen LogP contribution in [0.2, 0.25) is 0 Å². The minimum atomic E-state index is -0.700. The lowest BCUT2D eigenvalue weighted by Crippen LogP contribution is -2.56. The van der Waals surface area contributed by atoms with Crippen molar-refractivity contribution in [3.05, 3.63) is 41.1 Å². The molecule has 1 heterocycles. The fraction of sp³-hybridized carbons (Fsp3) is 0.533. The third-order valence-corrected chi connectivity index (χ3v) is 4.85. The van der Waals surface area contributed by atoms with Gasteiger partial charge in [-0.05, 0) is 38.8 Å². The predicted octanol–water partition coefficient (Wildman–Crippen LogP) is 2.94. The molecule has 1 aromatic carbocycles. The van der Waals surface area contributed by atoms with E-state index in [0.29, 0.717) is 18.4 Å². The minimum absolute atomic E-state index is 0.231. The Morgan fingerprint density at radius 3 is 2.16 bits per heavy atom. The first-order chi connectivity index (χ1) is 8.92. The van der Waals surface area contributed by atoms with E-state index < -0.39 is 11.1 Å². The molecule has 2 atom stereocenters. The molecular weight excluding hydrogens is 240 g/mol. The lowest BCUT2D eigenvalue weighted by molar-refractivity contribution is -0.546. The van der Waals surface area contributed by atoms with E-state index >= 15 is 0 Å². The molecule has 1 aliphatic heterocycles. The number of benzene rings is 1. The van der Waals surface area contributed by atoms with Gasteiger partial charge in [0.05, 0.1) is 5.56 Å². The molecule has 103 valence electrons. The monoisotopic (exact) mass is 261 g/mol. The molecule has 0 spiro atoms. The molecule has 0 saturated heterocycles. The predicted molar refractivity (Wildman–Crippen MR) is 74.1 cm³/mol. The highest BCUT2D eigenvalue weighted by Crippen LogP contribution is 2.42. The molecule has 4 heteroatoms. The number of amidine groups is 1. The Morgan fingerprint density at radius 1 is 1.16 bits per heavy atom. The van der Waals surface area contributed by atoms with Crippen LogP contribution in [0.25, 0.3) is 0 Å². The normalized spacial score (nSPS) is 31.1. The summed E-state index contributed by atoms with van der Waals surface area (Å²) in [7, 11) is 0. The maximum absolute atomic E-state index is 12.7. The molecule has 1 radical (unpaired) electrons. The Morgan fingerprint density at radius 2 is 1.74 bits per heavy atom. The van der Waals surface area contributed by atoms with Crippen molar-refractivity contribution >= 4 is 5.84 Å². The first kappa shape index (κ1) is 13.9. The van der Waals surface area contributed by atoms with Gasteiger partial charge in [-0.2, -0.15) is 0 Å².